The molecule has 1 aliphatic carbocycles. The Bertz CT molecular complexity index is 647. The van der Waals surface area contributed by atoms with E-state index in [0.29, 0.717) is 12.5 Å². The number of fused-ring (bicyclic) bond motifs is 1. The van der Waals surface area contributed by atoms with Gasteiger partial charge in [0.2, 0.25) is 0 Å². The molecule has 0 aromatic carbocycles. The van der Waals surface area contributed by atoms with E-state index in [1.807, 2.05) is 23.4 Å². The predicted octanol–water partition coefficient (Wildman–Crippen LogP) is 2.56. The lowest BCUT2D eigenvalue weighted by Gasteiger charge is -2.55. The van der Waals surface area contributed by atoms with Crippen LogP contribution in [0.5, 0.6) is 0 Å². The van der Waals surface area contributed by atoms with Gasteiger partial charge < -0.3 is 10.0 Å². The van der Waals surface area contributed by atoms with Gasteiger partial charge in [0.1, 0.15) is 0 Å². The van der Waals surface area contributed by atoms with Gasteiger partial charge in [-0.3, -0.25) is 9.48 Å². The highest BCUT2D eigenvalue weighted by molar-refractivity contribution is 5.96. The van der Waals surface area contributed by atoms with Crippen LogP contribution in [-0.4, -0.2) is 45.4 Å². The molecule has 0 unspecified atom stereocenters. The van der Waals surface area contributed by atoms with Crippen molar-refractivity contribution in [1.82, 2.24) is 14.7 Å². The first-order chi connectivity index (χ1) is 10.6. The number of hydrogen-bond acceptors (Lipinski definition) is 3. The van der Waals surface area contributed by atoms with E-state index in [0.717, 1.165) is 29.9 Å². The van der Waals surface area contributed by atoms with Gasteiger partial charge in [0.15, 0.2) is 0 Å². The Morgan fingerprint density at radius 1 is 1.39 bits per heavy atom. The van der Waals surface area contributed by atoms with E-state index < -0.39 is 0 Å². The Labute approximate surface area is 138 Å². The molecule has 3 rings (SSSR count). The lowest BCUT2D eigenvalue weighted by molar-refractivity contribution is -0.0977. The SMILES string of the molecule is Cc1nn(C(C)C)c(C)c1C(=O)N1C[C@@H]2C(C)(C)C[C@]2(CO)C1. The minimum absolute atomic E-state index is 0.0740. The first-order valence-corrected chi connectivity index (χ1v) is 8.59. The fourth-order valence-electron chi connectivity index (χ4n) is 5.13. The maximum Gasteiger partial charge on any atom is 0.257 e. The summed E-state index contributed by atoms with van der Waals surface area (Å²) in [6.07, 6.45) is 0.994. The zero-order valence-corrected chi connectivity index (χ0v) is 15.2. The molecule has 1 saturated carbocycles. The smallest absolute Gasteiger partial charge is 0.257 e. The van der Waals surface area contributed by atoms with Gasteiger partial charge in [-0.1, -0.05) is 13.8 Å². The van der Waals surface area contributed by atoms with Crippen molar-refractivity contribution in [3.8, 4) is 0 Å². The molecule has 0 bridgehead atoms. The fraction of sp³-hybridized carbons (Fsp3) is 0.778. The molecule has 1 N–H and O–H groups in total. The van der Waals surface area contributed by atoms with Crippen LogP contribution in [0.2, 0.25) is 0 Å². The van der Waals surface area contributed by atoms with Gasteiger partial charge in [0.25, 0.3) is 5.91 Å². The topological polar surface area (TPSA) is 58.4 Å². The lowest BCUT2D eigenvalue weighted by atomic mass is 9.48. The molecule has 2 aliphatic rings. The molecule has 5 heteroatoms. The summed E-state index contributed by atoms with van der Waals surface area (Å²) in [6.45, 7) is 14.1. The van der Waals surface area contributed by atoms with E-state index in [1.54, 1.807) is 0 Å². The van der Waals surface area contributed by atoms with E-state index in [9.17, 15) is 9.90 Å². The fourth-order valence-corrected chi connectivity index (χ4v) is 5.13. The van der Waals surface area contributed by atoms with Gasteiger partial charge >= 0.3 is 0 Å². The summed E-state index contributed by atoms with van der Waals surface area (Å²) in [4.78, 5) is 15.0. The Hall–Kier alpha value is -1.36. The summed E-state index contributed by atoms with van der Waals surface area (Å²) in [7, 11) is 0. The maximum atomic E-state index is 13.1. The van der Waals surface area contributed by atoms with Crippen molar-refractivity contribution < 1.29 is 9.90 Å². The number of nitrogens with zero attached hydrogens (tertiary/aromatic N) is 3. The molecule has 0 radical (unpaired) electrons. The molecule has 1 aromatic rings. The van der Waals surface area contributed by atoms with E-state index >= 15 is 0 Å². The first kappa shape index (κ1) is 16.5. The number of aliphatic hydroxyl groups is 1. The highest BCUT2D eigenvalue weighted by Gasteiger charge is 2.63. The molecule has 1 aromatic heterocycles. The summed E-state index contributed by atoms with van der Waals surface area (Å²) in [6, 6.07) is 0.243. The number of rotatable bonds is 3. The summed E-state index contributed by atoms with van der Waals surface area (Å²) in [5.41, 5.74) is 2.61. The first-order valence-electron chi connectivity index (χ1n) is 8.59. The number of amides is 1. The van der Waals surface area contributed by atoms with Crippen molar-refractivity contribution >= 4 is 5.91 Å². The Kier molecular flexibility index (Phi) is 3.63. The van der Waals surface area contributed by atoms with Crippen molar-refractivity contribution in [2.24, 2.45) is 16.7 Å². The third kappa shape index (κ3) is 2.24. The number of aromatic nitrogens is 2. The highest BCUT2D eigenvalue weighted by atomic mass is 16.3. The number of likely N-dealkylation sites (tertiary alicyclic amines) is 1. The number of aryl methyl sites for hydroxylation is 1. The molecule has 1 amide bonds. The molecule has 2 fully saturated rings. The van der Waals surface area contributed by atoms with Gasteiger partial charge in [-0.05, 0) is 45.4 Å². The normalized spacial score (nSPS) is 28.9. The third-order valence-corrected chi connectivity index (χ3v) is 6.03. The Morgan fingerprint density at radius 3 is 2.48 bits per heavy atom. The molecule has 2 atom stereocenters. The van der Waals surface area contributed by atoms with Crippen LogP contribution in [0.15, 0.2) is 0 Å². The average Bonchev–Trinajstić information content (AvgIpc) is 2.94. The quantitative estimate of drug-likeness (QED) is 0.931. The van der Waals surface area contributed by atoms with Crippen LogP contribution >= 0.6 is 0 Å². The number of carbonyl (C=O) groups excluding carboxylic acids is 1. The van der Waals surface area contributed by atoms with Gasteiger partial charge in [0.05, 0.1) is 17.9 Å². The van der Waals surface area contributed by atoms with Crippen LogP contribution in [0.25, 0.3) is 0 Å². The molecule has 23 heavy (non-hydrogen) atoms. The molecule has 1 aliphatic heterocycles. The zero-order chi connectivity index (χ0) is 17.2. The van der Waals surface area contributed by atoms with Gasteiger partial charge in [-0.2, -0.15) is 5.10 Å². The summed E-state index contributed by atoms with van der Waals surface area (Å²) < 4.78 is 1.93. The van der Waals surface area contributed by atoms with Crippen molar-refractivity contribution in [3.05, 3.63) is 17.0 Å². The summed E-state index contributed by atoms with van der Waals surface area (Å²) in [5, 5.41) is 14.4. The second kappa shape index (κ2) is 5.07. The Balaban J connectivity index is 1.89. The summed E-state index contributed by atoms with van der Waals surface area (Å²) >= 11 is 0. The molecule has 2 heterocycles. The monoisotopic (exact) mass is 319 g/mol. The largest absolute Gasteiger partial charge is 0.396 e. The van der Waals surface area contributed by atoms with E-state index in [4.69, 9.17) is 0 Å². The predicted molar refractivity (Wildman–Crippen MR) is 89.4 cm³/mol. The average molecular weight is 319 g/mol. The van der Waals surface area contributed by atoms with Crippen LogP contribution in [0.3, 0.4) is 0 Å². The molecule has 5 nitrogen and oxygen atoms in total. The van der Waals surface area contributed by atoms with Crippen LogP contribution in [0.4, 0.5) is 0 Å². The minimum Gasteiger partial charge on any atom is -0.396 e. The number of carbonyl (C=O) groups is 1. The van der Waals surface area contributed by atoms with Gasteiger partial charge in [-0.15, -0.1) is 0 Å². The van der Waals surface area contributed by atoms with E-state index in [1.165, 1.54) is 0 Å². The molecule has 0 spiro atoms. The number of aliphatic hydroxyl groups excluding tert-OH is 1. The highest BCUT2D eigenvalue weighted by Crippen LogP contribution is 2.62. The van der Waals surface area contributed by atoms with Crippen LogP contribution in [0, 0.1) is 30.6 Å². The van der Waals surface area contributed by atoms with Gasteiger partial charge in [-0.25, -0.2) is 0 Å². The van der Waals surface area contributed by atoms with Crippen molar-refractivity contribution in [2.45, 2.75) is 54.0 Å². The van der Waals surface area contributed by atoms with E-state index in [2.05, 4.69) is 32.8 Å². The molecule has 1 saturated heterocycles. The van der Waals surface area contributed by atoms with Crippen LogP contribution < -0.4 is 0 Å². The minimum atomic E-state index is -0.0883. The van der Waals surface area contributed by atoms with Crippen molar-refractivity contribution in [3.63, 3.8) is 0 Å². The van der Waals surface area contributed by atoms with E-state index in [-0.39, 0.29) is 29.4 Å². The van der Waals surface area contributed by atoms with Crippen molar-refractivity contribution in [1.29, 1.82) is 0 Å². The molecule has 128 valence electrons. The van der Waals surface area contributed by atoms with Crippen LogP contribution in [-0.2, 0) is 0 Å². The molecular weight excluding hydrogens is 290 g/mol. The standard InChI is InChI=1S/C18H29N3O2/c1-11(2)21-13(4)15(12(3)19-21)16(23)20-7-14-17(5,6)8-18(14,9-20)10-22/h11,14,22H,7-10H2,1-6H3/t14-,18-/m1/s1. The van der Waals surface area contributed by atoms with Crippen molar-refractivity contribution in [2.75, 3.05) is 19.7 Å². The Morgan fingerprint density at radius 2 is 2.04 bits per heavy atom. The lowest BCUT2D eigenvalue weighted by Crippen LogP contribution is -2.54. The number of hydrogen-bond donors (Lipinski definition) is 1. The second-order valence-corrected chi connectivity index (χ2v) is 8.51. The molecular formula is C18H29N3O2. The summed E-state index contributed by atoms with van der Waals surface area (Å²) in [5.74, 6) is 0.467. The third-order valence-electron chi connectivity index (χ3n) is 6.03. The second-order valence-electron chi connectivity index (χ2n) is 8.51. The maximum absolute atomic E-state index is 13.1. The van der Waals surface area contributed by atoms with Crippen LogP contribution in [0.1, 0.15) is 61.9 Å². The zero-order valence-electron chi connectivity index (χ0n) is 15.2. The van der Waals surface area contributed by atoms with Gasteiger partial charge in [0, 0.05) is 30.2 Å².